The first-order chi connectivity index (χ1) is 12.3. The fourth-order valence-electron chi connectivity index (χ4n) is 2.23. The summed E-state index contributed by atoms with van der Waals surface area (Å²) in [5, 5.41) is 3.33. The van der Waals surface area contributed by atoms with Gasteiger partial charge in [0.25, 0.3) is 5.91 Å². The number of methoxy groups -OCH3 is 1. The highest BCUT2D eigenvalue weighted by atomic mass is 35.5. The van der Waals surface area contributed by atoms with Gasteiger partial charge in [0.05, 0.1) is 4.90 Å². The first-order valence-electron chi connectivity index (χ1n) is 8.00. The molecule has 0 aliphatic rings. The molecule has 2 aromatic carbocycles. The van der Waals surface area contributed by atoms with Crippen molar-refractivity contribution in [3.05, 3.63) is 58.6 Å². The van der Waals surface area contributed by atoms with Crippen LogP contribution in [0.15, 0.2) is 47.4 Å². The number of amides is 1. The molecular weight excluding hydrogens is 376 g/mol. The molecule has 8 heteroatoms. The van der Waals surface area contributed by atoms with Crippen LogP contribution in [0.4, 0.5) is 5.69 Å². The molecule has 0 aliphatic carbocycles. The van der Waals surface area contributed by atoms with Gasteiger partial charge in [0, 0.05) is 36.5 Å². The molecule has 0 fully saturated rings. The van der Waals surface area contributed by atoms with Crippen LogP contribution in [0.25, 0.3) is 0 Å². The quantitative estimate of drug-likeness (QED) is 0.671. The van der Waals surface area contributed by atoms with Crippen LogP contribution in [0.1, 0.15) is 22.3 Å². The van der Waals surface area contributed by atoms with E-state index in [0.29, 0.717) is 29.3 Å². The maximum absolute atomic E-state index is 12.3. The Morgan fingerprint density at radius 2 is 1.85 bits per heavy atom. The van der Waals surface area contributed by atoms with E-state index >= 15 is 0 Å². The Bertz CT molecular complexity index is 867. The summed E-state index contributed by atoms with van der Waals surface area (Å²) in [5.41, 5.74) is 1.73. The van der Waals surface area contributed by atoms with Crippen molar-refractivity contribution in [3.8, 4) is 0 Å². The van der Waals surface area contributed by atoms with Gasteiger partial charge in [0.1, 0.15) is 0 Å². The number of rotatable bonds is 8. The molecule has 0 unspecified atom stereocenters. The molecule has 1 amide bonds. The first kappa shape index (κ1) is 20.4. The van der Waals surface area contributed by atoms with Gasteiger partial charge < -0.3 is 10.1 Å². The van der Waals surface area contributed by atoms with E-state index < -0.39 is 10.0 Å². The molecule has 0 aliphatic heterocycles. The van der Waals surface area contributed by atoms with E-state index in [1.165, 1.54) is 24.3 Å². The topological polar surface area (TPSA) is 84.5 Å². The molecule has 140 valence electrons. The van der Waals surface area contributed by atoms with E-state index in [9.17, 15) is 13.2 Å². The van der Waals surface area contributed by atoms with Crippen LogP contribution in [-0.4, -0.2) is 34.6 Å². The summed E-state index contributed by atoms with van der Waals surface area (Å²) < 4.78 is 31.7. The van der Waals surface area contributed by atoms with Crippen LogP contribution >= 0.6 is 11.6 Å². The molecule has 2 aromatic rings. The second-order valence-corrected chi connectivity index (χ2v) is 7.81. The second kappa shape index (κ2) is 9.14. The van der Waals surface area contributed by atoms with E-state index in [0.717, 1.165) is 5.56 Å². The highest BCUT2D eigenvalue weighted by Gasteiger charge is 2.15. The summed E-state index contributed by atoms with van der Waals surface area (Å²) in [7, 11) is -2.05. The Morgan fingerprint density at radius 3 is 2.50 bits per heavy atom. The molecule has 2 N–H and O–H groups in total. The van der Waals surface area contributed by atoms with Crippen LogP contribution in [-0.2, 0) is 14.8 Å². The third-order valence-corrected chi connectivity index (χ3v) is 5.65. The molecule has 0 saturated heterocycles. The molecule has 26 heavy (non-hydrogen) atoms. The standard InChI is InChI=1S/C18H21ClN2O4S/c1-13-16(19)5-3-6-17(13)21-18(22)14-7-9-15(10-8-14)26(23,24)20-11-4-12-25-2/h3,5-10,20H,4,11-12H2,1-2H3,(H,21,22). The lowest BCUT2D eigenvalue weighted by Crippen LogP contribution is -2.25. The summed E-state index contributed by atoms with van der Waals surface area (Å²) in [5.74, 6) is -0.340. The molecule has 2 rings (SSSR count). The largest absolute Gasteiger partial charge is 0.385 e. The van der Waals surface area contributed by atoms with Gasteiger partial charge in [-0.25, -0.2) is 13.1 Å². The smallest absolute Gasteiger partial charge is 0.255 e. The predicted molar refractivity (Wildman–Crippen MR) is 102 cm³/mol. The Labute approximate surface area is 158 Å². The lowest BCUT2D eigenvalue weighted by atomic mass is 10.1. The minimum Gasteiger partial charge on any atom is -0.385 e. The van der Waals surface area contributed by atoms with Crippen molar-refractivity contribution in [1.82, 2.24) is 4.72 Å². The number of nitrogens with one attached hydrogen (secondary N) is 2. The van der Waals surface area contributed by atoms with Crippen molar-refractivity contribution in [2.24, 2.45) is 0 Å². The predicted octanol–water partition coefficient (Wildman–Crippen LogP) is 3.22. The van der Waals surface area contributed by atoms with E-state index in [1.807, 2.05) is 6.92 Å². The van der Waals surface area contributed by atoms with Gasteiger partial charge in [-0.1, -0.05) is 17.7 Å². The van der Waals surface area contributed by atoms with Crippen LogP contribution < -0.4 is 10.0 Å². The molecule has 0 spiro atoms. The van der Waals surface area contributed by atoms with Crippen molar-refractivity contribution < 1.29 is 17.9 Å². The molecule has 0 radical (unpaired) electrons. The Hall–Kier alpha value is -1.93. The normalized spacial score (nSPS) is 11.3. The lowest BCUT2D eigenvalue weighted by Gasteiger charge is -2.10. The van der Waals surface area contributed by atoms with Crippen LogP contribution in [0.2, 0.25) is 5.02 Å². The van der Waals surface area contributed by atoms with Gasteiger partial charge in [0.15, 0.2) is 0 Å². The maximum atomic E-state index is 12.3. The molecular formula is C18H21ClN2O4S. The number of anilines is 1. The molecule has 6 nitrogen and oxygen atoms in total. The monoisotopic (exact) mass is 396 g/mol. The van der Waals surface area contributed by atoms with Crippen LogP contribution in [0.3, 0.4) is 0 Å². The highest BCUT2D eigenvalue weighted by Crippen LogP contribution is 2.23. The number of hydrogen-bond acceptors (Lipinski definition) is 4. The zero-order chi connectivity index (χ0) is 19.2. The van der Waals surface area contributed by atoms with Gasteiger partial charge in [-0.3, -0.25) is 4.79 Å². The summed E-state index contributed by atoms with van der Waals surface area (Å²) >= 11 is 6.04. The van der Waals surface area contributed by atoms with Crippen molar-refractivity contribution in [1.29, 1.82) is 0 Å². The number of sulfonamides is 1. The van der Waals surface area contributed by atoms with E-state index in [1.54, 1.807) is 25.3 Å². The highest BCUT2D eigenvalue weighted by molar-refractivity contribution is 7.89. The number of benzene rings is 2. The molecule has 0 aromatic heterocycles. The van der Waals surface area contributed by atoms with Crippen molar-refractivity contribution in [3.63, 3.8) is 0 Å². The summed E-state index contributed by atoms with van der Waals surface area (Å²) in [6.07, 6.45) is 0.579. The fraction of sp³-hybridized carbons (Fsp3) is 0.278. The van der Waals surface area contributed by atoms with Crippen LogP contribution in [0.5, 0.6) is 0 Å². The molecule has 0 heterocycles. The van der Waals surface area contributed by atoms with Crippen molar-refractivity contribution in [2.45, 2.75) is 18.2 Å². The number of carbonyl (C=O) groups is 1. The van der Waals surface area contributed by atoms with Crippen molar-refractivity contribution >= 4 is 33.2 Å². The second-order valence-electron chi connectivity index (χ2n) is 5.64. The van der Waals surface area contributed by atoms with Gasteiger partial charge in [-0.05, 0) is 55.3 Å². The zero-order valence-corrected chi connectivity index (χ0v) is 16.2. The van der Waals surface area contributed by atoms with Crippen molar-refractivity contribution in [2.75, 3.05) is 25.6 Å². The van der Waals surface area contributed by atoms with E-state index in [2.05, 4.69) is 10.0 Å². The minimum atomic E-state index is -3.61. The molecule has 0 saturated carbocycles. The average Bonchev–Trinajstić information content (AvgIpc) is 2.63. The average molecular weight is 397 g/mol. The fourth-order valence-corrected chi connectivity index (χ4v) is 3.48. The molecule has 0 bridgehead atoms. The summed E-state index contributed by atoms with van der Waals surface area (Å²) in [6, 6.07) is 11.0. The minimum absolute atomic E-state index is 0.102. The van der Waals surface area contributed by atoms with E-state index in [4.69, 9.17) is 16.3 Å². The first-order valence-corrected chi connectivity index (χ1v) is 9.86. The number of halogens is 1. The zero-order valence-electron chi connectivity index (χ0n) is 14.6. The van der Waals surface area contributed by atoms with Gasteiger partial charge in [0.2, 0.25) is 10.0 Å². The Morgan fingerprint density at radius 1 is 1.15 bits per heavy atom. The van der Waals surface area contributed by atoms with Crippen LogP contribution in [0, 0.1) is 6.92 Å². The molecule has 0 atom stereocenters. The Balaban J connectivity index is 2.06. The SMILES string of the molecule is COCCCNS(=O)(=O)c1ccc(C(=O)Nc2cccc(Cl)c2C)cc1. The van der Waals surface area contributed by atoms with Gasteiger partial charge in [-0.15, -0.1) is 0 Å². The number of carbonyl (C=O) groups excluding carboxylic acids is 1. The lowest BCUT2D eigenvalue weighted by molar-refractivity contribution is 0.102. The summed E-state index contributed by atoms with van der Waals surface area (Å²) in [4.78, 5) is 12.5. The van der Waals surface area contributed by atoms with Gasteiger partial charge in [-0.2, -0.15) is 0 Å². The third kappa shape index (κ3) is 5.28. The summed E-state index contributed by atoms with van der Waals surface area (Å²) in [6.45, 7) is 2.57. The third-order valence-electron chi connectivity index (χ3n) is 3.76. The Kier molecular flexibility index (Phi) is 7.16. The number of ether oxygens (including phenoxy) is 1. The number of hydrogen-bond donors (Lipinski definition) is 2. The maximum Gasteiger partial charge on any atom is 0.255 e. The van der Waals surface area contributed by atoms with E-state index in [-0.39, 0.29) is 17.3 Å². The van der Waals surface area contributed by atoms with Gasteiger partial charge >= 0.3 is 0 Å².